The zero-order chi connectivity index (χ0) is 17.4. The van der Waals surface area contributed by atoms with Crippen molar-refractivity contribution in [1.82, 2.24) is 15.1 Å². The molecule has 1 aromatic heterocycles. The molecule has 128 valence electrons. The zero-order valence-corrected chi connectivity index (χ0v) is 14.7. The van der Waals surface area contributed by atoms with Crippen molar-refractivity contribution < 1.29 is 9.53 Å². The molecule has 0 unspecified atom stereocenters. The van der Waals surface area contributed by atoms with Gasteiger partial charge >= 0.3 is 5.97 Å². The van der Waals surface area contributed by atoms with Crippen molar-refractivity contribution in [3.63, 3.8) is 0 Å². The number of aromatic nitrogens is 2. The lowest BCUT2D eigenvalue weighted by molar-refractivity contribution is 0.0599. The number of benzene rings is 1. The highest BCUT2D eigenvalue weighted by Crippen LogP contribution is 2.13. The number of carbonyl (C=O) groups is 1. The topological polar surface area (TPSA) is 68.2 Å². The molecule has 1 heterocycles. The molecule has 2 rings (SSSR count). The van der Waals surface area contributed by atoms with E-state index in [9.17, 15) is 4.79 Å². The van der Waals surface area contributed by atoms with Crippen molar-refractivity contribution in [2.45, 2.75) is 26.3 Å². The molecule has 0 amide bonds. The number of nitrogens with one attached hydrogen (secondary N) is 2. The Morgan fingerprint density at radius 2 is 2.17 bits per heavy atom. The van der Waals surface area contributed by atoms with Crippen LogP contribution in [0, 0.1) is 0 Å². The summed E-state index contributed by atoms with van der Waals surface area (Å²) < 4.78 is 6.56. The third-order valence-electron chi connectivity index (χ3n) is 3.46. The number of esters is 1. The number of nitrogens with zero attached hydrogens (tertiary/aromatic N) is 2. The van der Waals surface area contributed by atoms with Gasteiger partial charge in [-0.2, -0.15) is 5.10 Å². The maximum absolute atomic E-state index is 11.8. The molecule has 24 heavy (non-hydrogen) atoms. The number of ether oxygens (including phenoxy) is 1. The molecule has 0 radical (unpaired) electrons. The molecule has 0 aliphatic rings. The van der Waals surface area contributed by atoms with Crippen LogP contribution in [0.4, 0.5) is 5.69 Å². The van der Waals surface area contributed by atoms with Crippen LogP contribution in [0.2, 0.25) is 0 Å². The van der Waals surface area contributed by atoms with Crippen LogP contribution in [-0.2, 0) is 11.3 Å². The van der Waals surface area contributed by atoms with Crippen LogP contribution in [0.3, 0.4) is 0 Å². The lowest BCUT2D eigenvalue weighted by Gasteiger charge is -2.08. The summed E-state index contributed by atoms with van der Waals surface area (Å²) in [5.74, 6) is -0.350. The minimum atomic E-state index is -0.350. The average molecular weight is 346 g/mol. The number of thiocarbonyl (C=S) groups is 1. The monoisotopic (exact) mass is 346 g/mol. The van der Waals surface area contributed by atoms with Gasteiger partial charge in [0.2, 0.25) is 0 Å². The van der Waals surface area contributed by atoms with Crippen LogP contribution in [0.5, 0.6) is 0 Å². The number of methoxy groups -OCH3 is 1. The van der Waals surface area contributed by atoms with Gasteiger partial charge < -0.3 is 15.4 Å². The summed E-state index contributed by atoms with van der Waals surface area (Å²) in [6, 6.07) is 7.33. The fraction of sp³-hybridized carbons (Fsp3) is 0.353. The van der Waals surface area contributed by atoms with Crippen LogP contribution in [-0.4, -0.2) is 34.5 Å². The van der Waals surface area contributed by atoms with Gasteiger partial charge in [0.15, 0.2) is 5.11 Å². The van der Waals surface area contributed by atoms with Gasteiger partial charge in [0.05, 0.1) is 31.1 Å². The molecule has 7 heteroatoms. The van der Waals surface area contributed by atoms with Crippen LogP contribution in [0.15, 0.2) is 36.7 Å². The molecule has 0 aliphatic carbocycles. The third-order valence-corrected chi connectivity index (χ3v) is 3.71. The number of anilines is 1. The molecule has 2 N–H and O–H groups in total. The predicted octanol–water partition coefficient (Wildman–Crippen LogP) is 2.80. The van der Waals surface area contributed by atoms with E-state index < -0.39 is 0 Å². The first-order valence-electron chi connectivity index (χ1n) is 7.87. The fourth-order valence-corrected chi connectivity index (χ4v) is 2.43. The van der Waals surface area contributed by atoms with Gasteiger partial charge in [0.1, 0.15) is 0 Å². The Morgan fingerprint density at radius 3 is 2.92 bits per heavy atom. The van der Waals surface area contributed by atoms with E-state index in [1.165, 1.54) is 7.11 Å². The van der Waals surface area contributed by atoms with Gasteiger partial charge in [-0.15, -0.1) is 0 Å². The maximum atomic E-state index is 11.8. The van der Waals surface area contributed by atoms with Crippen molar-refractivity contribution in [2.24, 2.45) is 0 Å². The molecule has 0 saturated carbocycles. The second kappa shape index (κ2) is 9.02. The standard InChI is InChI=1S/C17H22N4O2S/c1-3-4-9-18-17(24)20-14-10-19-21(12-14)11-13-7-5-6-8-15(13)16(22)23-2/h5-8,10,12H,3-4,9,11H2,1-2H3,(H2,18,20,24). The number of unbranched alkanes of at least 4 members (excludes halogenated alkanes) is 1. The third kappa shape index (κ3) is 5.06. The largest absolute Gasteiger partial charge is 0.465 e. The van der Waals surface area contributed by atoms with Gasteiger partial charge in [0, 0.05) is 12.7 Å². The van der Waals surface area contributed by atoms with E-state index in [0.717, 1.165) is 30.6 Å². The second-order valence-corrected chi connectivity index (χ2v) is 5.72. The maximum Gasteiger partial charge on any atom is 0.338 e. The molecule has 0 fully saturated rings. The fourth-order valence-electron chi connectivity index (χ4n) is 2.21. The first kappa shape index (κ1) is 17.9. The summed E-state index contributed by atoms with van der Waals surface area (Å²) in [6.45, 7) is 3.46. The van der Waals surface area contributed by atoms with Crippen molar-refractivity contribution in [3.05, 3.63) is 47.8 Å². The summed E-state index contributed by atoms with van der Waals surface area (Å²) in [4.78, 5) is 11.8. The summed E-state index contributed by atoms with van der Waals surface area (Å²) in [6.07, 6.45) is 5.74. The van der Waals surface area contributed by atoms with E-state index >= 15 is 0 Å². The Bertz CT molecular complexity index is 699. The van der Waals surface area contributed by atoms with Crippen molar-refractivity contribution in [3.8, 4) is 0 Å². The highest BCUT2D eigenvalue weighted by molar-refractivity contribution is 7.80. The molecule has 0 atom stereocenters. The molecule has 2 aromatic rings. The number of rotatable bonds is 7. The van der Waals surface area contributed by atoms with E-state index in [4.69, 9.17) is 17.0 Å². The predicted molar refractivity (Wildman–Crippen MR) is 98.2 cm³/mol. The highest BCUT2D eigenvalue weighted by Gasteiger charge is 2.11. The van der Waals surface area contributed by atoms with Crippen molar-refractivity contribution in [1.29, 1.82) is 0 Å². The first-order chi connectivity index (χ1) is 11.6. The lowest BCUT2D eigenvalue weighted by atomic mass is 10.1. The van der Waals surface area contributed by atoms with Gasteiger partial charge in [-0.25, -0.2) is 4.79 Å². The van der Waals surface area contributed by atoms with Crippen LogP contribution >= 0.6 is 12.2 Å². The normalized spacial score (nSPS) is 10.2. The van der Waals surface area contributed by atoms with E-state index in [2.05, 4.69) is 22.7 Å². The molecule has 0 bridgehead atoms. The molecular formula is C17H22N4O2S. The summed E-state index contributed by atoms with van der Waals surface area (Å²) in [5.41, 5.74) is 2.20. The first-order valence-corrected chi connectivity index (χ1v) is 8.28. The van der Waals surface area contributed by atoms with Crippen LogP contribution < -0.4 is 10.6 Å². The van der Waals surface area contributed by atoms with Gasteiger partial charge in [-0.05, 0) is 30.3 Å². The quantitative estimate of drug-likeness (QED) is 0.456. The second-order valence-electron chi connectivity index (χ2n) is 5.31. The smallest absolute Gasteiger partial charge is 0.338 e. The van der Waals surface area contributed by atoms with Gasteiger partial charge in [-0.3, -0.25) is 4.68 Å². The minimum Gasteiger partial charge on any atom is -0.465 e. The minimum absolute atomic E-state index is 0.350. The number of hydrogen-bond acceptors (Lipinski definition) is 4. The molecular weight excluding hydrogens is 324 g/mol. The van der Waals surface area contributed by atoms with E-state index in [1.807, 2.05) is 24.4 Å². The molecule has 0 aliphatic heterocycles. The zero-order valence-electron chi connectivity index (χ0n) is 13.9. The van der Waals surface area contributed by atoms with Crippen LogP contribution in [0.1, 0.15) is 35.7 Å². The number of carbonyl (C=O) groups excluding carboxylic acids is 1. The average Bonchev–Trinajstić information content (AvgIpc) is 3.01. The van der Waals surface area contributed by atoms with E-state index in [1.54, 1.807) is 16.9 Å². The Kier molecular flexibility index (Phi) is 6.74. The van der Waals surface area contributed by atoms with E-state index in [0.29, 0.717) is 17.2 Å². The molecule has 1 aromatic carbocycles. The molecule has 0 spiro atoms. The molecule has 0 saturated heterocycles. The molecule has 6 nitrogen and oxygen atoms in total. The lowest BCUT2D eigenvalue weighted by Crippen LogP contribution is -2.28. The van der Waals surface area contributed by atoms with Crippen LogP contribution in [0.25, 0.3) is 0 Å². The number of hydrogen-bond donors (Lipinski definition) is 2. The Morgan fingerprint density at radius 1 is 1.38 bits per heavy atom. The SMILES string of the molecule is CCCCNC(=S)Nc1cnn(Cc2ccccc2C(=O)OC)c1. The Hall–Kier alpha value is -2.41. The summed E-state index contributed by atoms with van der Waals surface area (Å²) >= 11 is 5.24. The van der Waals surface area contributed by atoms with Gasteiger partial charge in [0.25, 0.3) is 0 Å². The Balaban J connectivity index is 1.99. The van der Waals surface area contributed by atoms with E-state index in [-0.39, 0.29) is 5.97 Å². The highest BCUT2D eigenvalue weighted by atomic mass is 32.1. The van der Waals surface area contributed by atoms with Crippen molar-refractivity contribution in [2.75, 3.05) is 19.0 Å². The Labute approximate surface area is 147 Å². The van der Waals surface area contributed by atoms with Gasteiger partial charge in [-0.1, -0.05) is 31.5 Å². The summed E-state index contributed by atoms with van der Waals surface area (Å²) in [7, 11) is 1.38. The van der Waals surface area contributed by atoms with Crippen molar-refractivity contribution >= 4 is 29.0 Å². The summed E-state index contributed by atoms with van der Waals surface area (Å²) in [5, 5.41) is 11.1.